The average Bonchev–Trinajstić information content (AvgIpc) is 3.31. The first-order chi connectivity index (χ1) is 11.8. The number of aldehydes is 1. The summed E-state index contributed by atoms with van der Waals surface area (Å²) in [6, 6.07) is 6.71. The van der Waals surface area contributed by atoms with Gasteiger partial charge >= 0.3 is 0 Å². The summed E-state index contributed by atoms with van der Waals surface area (Å²) in [5.74, 6) is 0. The first-order valence-corrected chi connectivity index (χ1v) is 11.6. The molecular weight excluding hydrogens is 372 g/mol. The van der Waals surface area contributed by atoms with Gasteiger partial charge in [-0.25, -0.2) is 0 Å². The van der Waals surface area contributed by atoms with Crippen molar-refractivity contribution in [2.45, 2.75) is 39.0 Å². The maximum atomic E-state index is 11.0. The van der Waals surface area contributed by atoms with Crippen LogP contribution in [-0.2, 0) is 6.42 Å². The topological polar surface area (TPSA) is 17.1 Å². The van der Waals surface area contributed by atoms with Crippen LogP contribution in [0.1, 0.15) is 47.8 Å². The molecule has 0 bridgehead atoms. The van der Waals surface area contributed by atoms with Gasteiger partial charge in [0.05, 0.1) is 14.3 Å². The molecule has 4 aromatic heterocycles. The van der Waals surface area contributed by atoms with Crippen LogP contribution in [0.2, 0.25) is 0 Å². The van der Waals surface area contributed by atoms with Gasteiger partial charge in [0.2, 0.25) is 0 Å². The first kappa shape index (κ1) is 16.5. The van der Waals surface area contributed by atoms with Gasteiger partial charge in [-0.15, -0.1) is 45.3 Å². The van der Waals surface area contributed by atoms with Crippen LogP contribution in [0.25, 0.3) is 28.6 Å². The zero-order valence-corrected chi connectivity index (χ0v) is 16.7. The molecule has 4 rings (SSSR count). The van der Waals surface area contributed by atoms with Crippen LogP contribution >= 0.6 is 45.3 Å². The van der Waals surface area contributed by atoms with E-state index in [-0.39, 0.29) is 0 Å². The van der Waals surface area contributed by atoms with Crippen molar-refractivity contribution < 1.29 is 4.79 Å². The minimum absolute atomic E-state index is 0.832. The van der Waals surface area contributed by atoms with Gasteiger partial charge in [0, 0.05) is 19.2 Å². The Morgan fingerprint density at radius 1 is 0.917 bits per heavy atom. The van der Waals surface area contributed by atoms with Gasteiger partial charge in [-0.05, 0) is 42.0 Å². The van der Waals surface area contributed by atoms with E-state index >= 15 is 0 Å². The van der Waals surface area contributed by atoms with Crippen molar-refractivity contribution in [1.82, 2.24) is 0 Å². The molecule has 0 N–H and O–H groups in total. The number of hydrogen-bond acceptors (Lipinski definition) is 5. The molecule has 4 heterocycles. The van der Waals surface area contributed by atoms with Gasteiger partial charge in [-0.3, -0.25) is 4.79 Å². The smallest absolute Gasteiger partial charge is 0.160 e. The predicted molar refractivity (Wildman–Crippen MR) is 112 cm³/mol. The third kappa shape index (κ3) is 3.10. The van der Waals surface area contributed by atoms with Crippen molar-refractivity contribution in [2.24, 2.45) is 0 Å². The van der Waals surface area contributed by atoms with Crippen LogP contribution in [0, 0.1) is 0 Å². The highest BCUT2D eigenvalue weighted by molar-refractivity contribution is 7.40. The Morgan fingerprint density at radius 3 is 2.58 bits per heavy atom. The summed E-state index contributed by atoms with van der Waals surface area (Å²) in [5, 5.41) is 2.32. The minimum atomic E-state index is 0.832. The lowest BCUT2D eigenvalue weighted by atomic mass is 10.1. The van der Waals surface area contributed by atoms with Crippen LogP contribution in [0.15, 0.2) is 23.6 Å². The molecule has 0 aliphatic heterocycles. The van der Waals surface area contributed by atoms with Crippen LogP contribution in [0.3, 0.4) is 0 Å². The summed E-state index contributed by atoms with van der Waals surface area (Å²) in [6.07, 6.45) is 7.44. The molecule has 0 atom stereocenters. The third-order valence-electron chi connectivity index (χ3n) is 4.17. The Labute approximate surface area is 157 Å². The molecule has 1 nitrogen and oxygen atoms in total. The van der Waals surface area contributed by atoms with Gasteiger partial charge in [0.15, 0.2) is 6.29 Å². The van der Waals surface area contributed by atoms with Crippen molar-refractivity contribution in [2.75, 3.05) is 0 Å². The lowest BCUT2D eigenvalue weighted by molar-refractivity contribution is 0.112. The Balaban J connectivity index is 1.58. The maximum Gasteiger partial charge on any atom is 0.160 e. The fourth-order valence-corrected chi connectivity index (χ4v) is 7.81. The van der Waals surface area contributed by atoms with Gasteiger partial charge < -0.3 is 0 Å². The number of hydrogen-bond donors (Lipinski definition) is 0. The number of thiophene rings is 4. The fourth-order valence-electron chi connectivity index (χ4n) is 2.92. The van der Waals surface area contributed by atoms with E-state index in [2.05, 4.69) is 24.4 Å². The van der Waals surface area contributed by atoms with Crippen LogP contribution < -0.4 is 0 Å². The van der Waals surface area contributed by atoms with Gasteiger partial charge in [0.25, 0.3) is 0 Å². The van der Waals surface area contributed by atoms with Gasteiger partial charge in [-0.1, -0.05) is 26.2 Å². The normalized spacial score (nSPS) is 11.7. The highest BCUT2D eigenvalue weighted by Crippen LogP contribution is 2.46. The molecule has 0 spiro atoms. The van der Waals surface area contributed by atoms with Crippen LogP contribution in [0.4, 0.5) is 0 Å². The Bertz CT molecular complexity index is 982. The second-order valence-corrected chi connectivity index (χ2v) is 10.1. The zero-order valence-electron chi connectivity index (χ0n) is 13.5. The molecule has 0 aliphatic carbocycles. The van der Waals surface area contributed by atoms with E-state index in [4.69, 9.17) is 0 Å². The molecule has 24 heavy (non-hydrogen) atoms. The monoisotopic (exact) mass is 390 g/mol. The van der Waals surface area contributed by atoms with Crippen molar-refractivity contribution in [1.29, 1.82) is 0 Å². The molecule has 0 aromatic carbocycles. The summed E-state index contributed by atoms with van der Waals surface area (Å²) in [5.41, 5.74) is 1.48. The molecule has 5 heteroatoms. The van der Waals surface area contributed by atoms with E-state index in [9.17, 15) is 4.79 Å². The average molecular weight is 391 g/mol. The fraction of sp³-hybridized carbons (Fsp3) is 0.316. The van der Waals surface area contributed by atoms with Gasteiger partial charge in [0.1, 0.15) is 0 Å². The Morgan fingerprint density at radius 2 is 1.75 bits per heavy atom. The van der Waals surface area contributed by atoms with Crippen molar-refractivity contribution >= 4 is 70.4 Å². The van der Waals surface area contributed by atoms with Crippen molar-refractivity contribution in [3.63, 3.8) is 0 Å². The summed E-state index contributed by atoms with van der Waals surface area (Å²) in [4.78, 5) is 14.6. The van der Waals surface area contributed by atoms with E-state index in [1.54, 1.807) is 22.7 Å². The number of carbonyl (C=O) groups is 1. The minimum Gasteiger partial charge on any atom is -0.297 e. The number of fused-ring (bicyclic) bond motifs is 3. The summed E-state index contributed by atoms with van der Waals surface area (Å²) >= 11 is 7.16. The Hall–Kier alpha value is -1.01. The molecule has 0 amide bonds. The Kier molecular flexibility index (Phi) is 4.86. The molecule has 4 aromatic rings. The van der Waals surface area contributed by atoms with E-state index < -0.39 is 0 Å². The van der Waals surface area contributed by atoms with E-state index in [0.29, 0.717) is 0 Å². The van der Waals surface area contributed by atoms with E-state index in [1.807, 2.05) is 28.7 Å². The molecule has 0 aliphatic rings. The number of aryl methyl sites for hydroxylation is 1. The van der Waals surface area contributed by atoms with E-state index in [1.165, 1.54) is 66.2 Å². The van der Waals surface area contributed by atoms with Crippen LogP contribution in [0.5, 0.6) is 0 Å². The standard InChI is InChI=1S/C19H18OS4/c1-2-3-4-5-6-12-7-14(21-11-12)15-9-17-19(24-15)18-16(23-17)8-13(10-20)22-18/h7-11H,2-6H2,1H3. The lowest BCUT2D eigenvalue weighted by Crippen LogP contribution is -1.81. The highest BCUT2D eigenvalue weighted by atomic mass is 32.1. The second-order valence-electron chi connectivity index (χ2n) is 6.00. The number of rotatable bonds is 7. The molecule has 0 saturated heterocycles. The summed E-state index contributed by atoms with van der Waals surface area (Å²) < 4.78 is 5.23. The van der Waals surface area contributed by atoms with Crippen molar-refractivity contribution in [3.05, 3.63) is 34.0 Å². The first-order valence-electron chi connectivity index (χ1n) is 8.27. The number of unbranched alkanes of at least 4 members (excludes halogenated alkanes) is 3. The quantitative estimate of drug-likeness (QED) is 0.232. The predicted octanol–water partition coefficient (Wildman–Crippen LogP) is 7.84. The summed E-state index contributed by atoms with van der Waals surface area (Å²) in [6.45, 7) is 2.26. The van der Waals surface area contributed by atoms with Gasteiger partial charge in [-0.2, -0.15) is 0 Å². The SMILES string of the molecule is CCCCCCc1csc(-c2cc3sc4cc(C=O)sc4c3s2)c1. The molecule has 0 saturated carbocycles. The summed E-state index contributed by atoms with van der Waals surface area (Å²) in [7, 11) is 0. The molecule has 0 unspecified atom stereocenters. The molecular formula is C19H18OS4. The van der Waals surface area contributed by atoms with E-state index in [0.717, 1.165) is 11.2 Å². The van der Waals surface area contributed by atoms with Crippen molar-refractivity contribution in [3.8, 4) is 9.75 Å². The second kappa shape index (κ2) is 7.08. The van der Waals surface area contributed by atoms with Crippen LogP contribution in [-0.4, -0.2) is 6.29 Å². The molecule has 124 valence electrons. The zero-order chi connectivity index (χ0) is 16.5. The number of carbonyl (C=O) groups excluding carboxylic acids is 1. The molecule has 0 fully saturated rings. The lowest BCUT2D eigenvalue weighted by Gasteiger charge is -1.96. The highest BCUT2D eigenvalue weighted by Gasteiger charge is 2.14. The molecule has 0 radical (unpaired) electrons. The maximum absolute atomic E-state index is 11.0. The third-order valence-corrected chi connectivity index (χ3v) is 9.05. The largest absolute Gasteiger partial charge is 0.297 e.